The summed E-state index contributed by atoms with van der Waals surface area (Å²) in [6.45, 7) is 0.644. The fourth-order valence-electron chi connectivity index (χ4n) is 4.57. The molecule has 2 unspecified atom stereocenters. The van der Waals surface area contributed by atoms with Crippen LogP contribution in [0.25, 0.3) is 0 Å². The minimum Gasteiger partial charge on any atom is -0.370 e. The molecule has 214 valence electrons. The molecule has 8 N–H and O–H groups in total. The highest BCUT2D eigenvalue weighted by molar-refractivity contribution is 5.98. The van der Waals surface area contributed by atoms with E-state index >= 15 is 0 Å². The van der Waals surface area contributed by atoms with Crippen molar-refractivity contribution < 1.29 is 19.3 Å². The summed E-state index contributed by atoms with van der Waals surface area (Å²) in [4.78, 5) is 55.7. The third-order valence-corrected chi connectivity index (χ3v) is 6.63. The van der Waals surface area contributed by atoms with Crippen molar-refractivity contribution in [3.05, 3.63) is 70.3 Å². The van der Waals surface area contributed by atoms with Crippen LogP contribution < -0.4 is 27.8 Å². The highest BCUT2D eigenvalue weighted by Crippen LogP contribution is 2.20. The molecule has 1 fully saturated rings. The van der Waals surface area contributed by atoms with Crippen molar-refractivity contribution in [3.63, 3.8) is 0 Å². The van der Waals surface area contributed by atoms with Crippen molar-refractivity contribution in [2.45, 2.75) is 56.7 Å². The molecular weight excluding hydrogens is 516 g/mol. The van der Waals surface area contributed by atoms with Gasteiger partial charge in [-0.25, -0.2) is 0 Å². The molecule has 0 aliphatic carbocycles. The number of benzene rings is 2. The SMILES string of the molecule is NC(N)=NCCCC(NC(=O)C1CCCCN1C(=O)[C@H](N)Cc1ccccc1)C(=O)Nc1ccc([N+](=O)[O-])cc1. The van der Waals surface area contributed by atoms with E-state index in [1.807, 2.05) is 30.3 Å². The Labute approximate surface area is 232 Å². The summed E-state index contributed by atoms with van der Waals surface area (Å²) in [6, 6.07) is 12.2. The second-order valence-electron chi connectivity index (χ2n) is 9.64. The van der Waals surface area contributed by atoms with Crippen LogP contribution in [0.2, 0.25) is 0 Å². The first-order chi connectivity index (χ1) is 19.2. The lowest BCUT2D eigenvalue weighted by atomic mass is 9.98. The molecule has 2 aromatic rings. The molecule has 1 saturated heterocycles. The van der Waals surface area contributed by atoms with Gasteiger partial charge in [-0.2, -0.15) is 0 Å². The van der Waals surface area contributed by atoms with Gasteiger partial charge in [0.05, 0.1) is 11.0 Å². The third-order valence-electron chi connectivity index (χ3n) is 6.63. The van der Waals surface area contributed by atoms with Crippen LogP contribution in [0.1, 0.15) is 37.7 Å². The Balaban J connectivity index is 1.71. The van der Waals surface area contributed by atoms with E-state index < -0.39 is 34.9 Å². The number of rotatable bonds is 12. The van der Waals surface area contributed by atoms with Crippen LogP contribution >= 0.6 is 0 Å². The average molecular weight is 553 g/mol. The van der Waals surface area contributed by atoms with E-state index in [2.05, 4.69) is 15.6 Å². The number of nitro groups is 1. The predicted molar refractivity (Wildman–Crippen MR) is 151 cm³/mol. The van der Waals surface area contributed by atoms with Crippen molar-refractivity contribution in [2.24, 2.45) is 22.2 Å². The number of anilines is 1. The number of hydrogen-bond donors (Lipinski definition) is 5. The van der Waals surface area contributed by atoms with Gasteiger partial charge in [-0.05, 0) is 56.2 Å². The van der Waals surface area contributed by atoms with Gasteiger partial charge in [0, 0.05) is 30.9 Å². The zero-order valence-corrected chi connectivity index (χ0v) is 22.2. The van der Waals surface area contributed by atoms with E-state index in [0.29, 0.717) is 31.5 Å². The van der Waals surface area contributed by atoms with E-state index in [-0.39, 0.29) is 30.5 Å². The highest BCUT2D eigenvalue weighted by atomic mass is 16.6. The van der Waals surface area contributed by atoms with Crippen LogP contribution in [0.3, 0.4) is 0 Å². The Bertz CT molecular complexity index is 1200. The van der Waals surface area contributed by atoms with Gasteiger partial charge in [0.25, 0.3) is 5.69 Å². The number of non-ortho nitro benzene ring substituents is 1. The molecule has 13 nitrogen and oxygen atoms in total. The number of nitrogens with two attached hydrogens (primary N) is 3. The average Bonchev–Trinajstić information content (AvgIpc) is 2.94. The van der Waals surface area contributed by atoms with Gasteiger partial charge in [0.15, 0.2) is 5.96 Å². The molecule has 0 bridgehead atoms. The number of aliphatic imine (C=N–C) groups is 1. The number of carbonyl (C=O) groups excluding carboxylic acids is 3. The zero-order chi connectivity index (χ0) is 29.1. The molecule has 3 atom stereocenters. The highest BCUT2D eigenvalue weighted by Gasteiger charge is 2.36. The summed E-state index contributed by atoms with van der Waals surface area (Å²) >= 11 is 0. The number of likely N-dealkylation sites (tertiary alicyclic amines) is 1. The first-order valence-corrected chi connectivity index (χ1v) is 13.2. The van der Waals surface area contributed by atoms with Gasteiger partial charge >= 0.3 is 0 Å². The van der Waals surface area contributed by atoms with Crippen LogP contribution in [0.4, 0.5) is 11.4 Å². The number of piperidine rings is 1. The Hall–Kier alpha value is -4.52. The Morgan fingerprint density at radius 3 is 2.42 bits per heavy atom. The topological polar surface area (TPSA) is 212 Å². The lowest BCUT2D eigenvalue weighted by molar-refractivity contribution is -0.384. The molecule has 0 saturated carbocycles. The molecule has 3 amide bonds. The second kappa shape index (κ2) is 14.6. The van der Waals surface area contributed by atoms with Gasteiger partial charge in [-0.15, -0.1) is 0 Å². The van der Waals surface area contributed by atoms with Crippen molar-refractivity contribution in [2.75, 3.05) is 18.4 Å². The van der Waals surface area contributed by atoms with E-state index in [1.165, 1.54) is 29.2 Å². The molecule has 40 heavy (non-hydrogen) atoms. The summed E-state index contributed by atoms with van der Waals surface area (Å²) in [7, 11) is 0. The maximum absolute atomic E-state index is 13.5. The number of nitrogens with zero attached hydrogens (tertiary/aromatic N) is 3. The molecule has 0 aromatic heterocycles. The molecule has 1 heterocycles. The largest absolute Gasteiger partial charge is 0.370 e. The first kappa shape index (κ1) is 30.0. The number of hydrogen-bond acceptors (Lipinski definition) is 7. The lowest BCUT2D eigenvalue weighted by Crippen LogP contribution is -2.58. The van der Waals surface area contributed by atoms with Gasteiger partial charge in [-0.3, -0.25) is 29.5 Å². The number of guanidine groups is 1. The first-order valence-electron chi connectivity index (χ1n) is 13.2. The normalized spacial score (nSPS) is 16.3. The molecular formula is C27H36N8O5. The summed E-state index contributed by atoms with van der Waals surface area (Å²) < 4.78 is 0. The van der Waals surface area contributed by atoms with Crippen LogP contribution in [-0.4, -0.2) is 64.7 Å². The monoisotopic (exact) mass is 552 g/mol. The predicted octanol–water partition coefficient (Wildman–Crippen LogP) is 1.02. The fourth-order valence-corrected chi connectivity index (χ4v) is 4.57. The van der Waals surface area contributed by atoms with Crippen molar-refractivity contribution in [3.8, 4) is 0 Å². The van der Waals surface area contributed by atoms with E-state index in [9.17, 15) is 24.5 Å². The second-order valence-corrected chi connectivity index (χ2v) is 9.64. The van der Waals surface area contributed by atoms with Crippen molar-refractivity contribution in [1.29, 1.82) is 0 Å². The maximum Gasteiger partial charge on any atom is 0.269 e. The van der Waals surface area contributed by atoms with Crippen molar-refractivity contribution >= 4 is 35.1 Å². The van der Waals surface area contributed by atoms with Crippen LogP contribution in [0.5, 0.6) is 0 Å². The number of amides is 3. The number of carbonyl (C=O) groups is 3. The third kappa shape index (κ3) is 8.76. The summed E-state index contributed by atoms with van der Waals surface area (Å²) in [5, 5.41) is 16.4. The van der Waals surface area contributed by atoms with Gasteiger partial charge < -0.3 is 32.7 Å². The van der Waals surface area contributed by atoms with Gasteiger partial charge in [0.1, 0.15) is 12.1 Å². The van der Waals surface area contributed by atoms with Crippen LogP contribution in [0, 0.1) is 10.1 Å². The minimum atomic E-state index is -0.964. The molecule has 0 spiro atoms. The molecule has 1 aliphatic heterocycles. The Morgan fingerprint density at radius 1 is 1.07 bits per heavy atom. The van der Waals surface area contributed by atoms with Crippen LogP contribution in [-0.2, 0) is 20.8 Å². The Morgan fingerprint density at radius 2 is 1.77 bits per heavy atom. The summed E-state index contributed by atoms with van der Waals surface area (Å²) in [6.07, 6.45) is 2.90. The van der Waals surface area contributed by atoms with Gasteiger partial charge in [-0.1, -0.05) is 30.3 Å². The smallest absolute Gasteiger partial charge is 0.269 e. The lowest BCUT2D eigenvalue weighted by Gasteiger charge is -2.37. The van der Waals surface area contributed by atoms with Crippen molar-refractivity contribution in [1.82, 2.24) is 10.2 Å². The standard InChI is InChI=1S/C27H36N8O5/c28-21(17-18-7-2-1-3-8-18)26(38)34-16-5-4-10-23(34)25(37)33-22(9-6-15-31-27(29)30)24(36)32-19-11-13-20(14-12-19)35(39)40/h1-3,7-8,11-14,21-23H,4-6,9-10,15-17,28H2,(H,32,36)(H,33,37)(H4,29,30,31)/t21-,22?,23?/m1/s1. The van der Waals surface area contributed by atoms with E-state index in [0.717, 1.165) is 18.4 Å². The minimum absolute atomic E-state index is 0.0841. The van der Waals surface area contributed by atoms with Crippen LogP contribution in [0.15, 0.2) is 59.6 Å². The summed E-state index contributed by atoms with van der Waals surface area (Å²) in [5.74, 6) is -1.37. The molecule has 1 aliphatic rings. The van der Waals surface area contributed by atoms with Gasteiger partial charge in [0.2, 0.25) is 17.7 Å². The van der Waals surface area contributed by atoms with E-state index in [1.54, 1.807) is 0 Å². The molecule has 0 radical (unpaired) electrons. The zero-order valence-electron chi connectivity index (χ0n) is 22.2. The molecule has 13 heteroatoms. The molecule has 2 aromatic carbocycles. The Kier molecular flexibility index (Phi) is 10.9. The van der Waals surface area contributed by atoms with E-state index in [4.69, 9.17) is 17.2 Å². The fraction of sp³-hybridized carbons (Fsp3) is 0.407. The number of nitro benzene ring substituents is 1. The maximum atomic E-state index is 13.5. The quantitative estimate of drug-likeness (QED) is 0.0841. The molecule has 3 rings (SSSR count). The summed E-state index contributed by atoms with van der Waals surface area (Å²) in [5.41, 5.74) is 18.2. The number of nitrogens with one attached hydrogen (secondary N) is 2.